The van der Waals surface area contributed by atoms with Crippen LogP contribution in [0.1, 0.15) is 57.8 Å². The molecule has 3 N–H and O–H groups in total. The molecule has 2 saturated carbocycles. The molecule has 1 aliphatic heterocycles. The lowest BCUT2D eigenvalue weighted by Crippen LogP contribution is -2.57. The van der Waals surface area contributed by atoms with Crippen molar-refractivity contribution in [2.45, 2.75) is 63.3 Å². The molecule has 0 aromatic heterocycles. The van der Waals surface area contributed by atoms with Crippen molar-refractivity contribution in [3.63, 3.8) is 0 Å². The average Bonchev–Trinajstić information content (AvgIpc) is 2.74. The van der Waals surface area contributed by atoms with Crippen LogP contribution in [-0.4, -0.2) is 35.5 Å². The van der Waals surface area contributed by atoms with E-state index in [4.69, 9.17) is 5.73 Å². The van der Waals surface area contributed by atoms with E-state index in [2.05, 4.69) is 5.32 Å². The van der Waals surface area contributed by atoms with Crippen LogP contribution in [0, 0.1) is 11.8 Å². The average molecular weight is 293 g/mol. The van der Waals surface area contributed by atoms with Crippen molar-refractivity contribution < 1.29 is 9.59 Å². The van der Waals surface area contributed by atoms with Gasteiger partial charge in [-0.05, 0) is 38.1 Å². The Hall–Kier alpha value is -1.10. The fraction of sp³-hybridized carbons (Fsp3) is 0.875. The van der Waals surface area contributed by atoms with Gasteiger partial charge in [0.2, 0.25) is 0 Å². The first-order chi connectivity index (χ1) is 10.2. The van der Waals surface area contributed by atoms with Crippen molar-refractivity contribution in [2.75, 3.05) is 13.1 Å². The second-order valence-corrected chi connectivity index (χ2v) is 7.00. The van der Waals surface area contributed by atoms with E-state index in [1.807, 2.05) is 0 Å². The third-order valence-electron chi connectivity index (χ3n) is 5.72. The minimum atomic E-state index is -0.696. The Bertz CT molecular complexity index is 420. The molecule has 0 aromatic carbocycles. The van der Waals surface area contributed by atoms with Crippen LogP contribution in [0.25, 0.3) is 0 Å². The molecule has 0 bridgehead atoms. The topological polar surface area (TPSA) is 75.4 Å². The van der Waals surface area contributed by atoms with Crippen LogP contribution in [0.5, 0.6) is 0 Å². The van der Waals surface area contributed by atoms with E-state index in [0.717, 1.165) is 38.5 Å². The molecule has 3 fully saturated rings. The Balaban J connectivity index is 1.74. The molecule has 1 heterocycles. The van der Waals surface area contributed by atoms with Crippen molar-refractivity contribution in [1.82, 2.24) is 10.2 Å². The molecule has 5 heteroatoms. The first-order valence-electron chi connectivity index (χ1n) is 8.51. The first kappa shape index (κ1) is 14.8. The van der Waals surface area contributed by atoms with Gasteiger partial charge in [-0.15, -0.1) is 0 Å². The molecule has 2 aliphatic carbocycles. The van der Waals surface area contributed by atoms with Gasteiger partial charge >= 0.3 is 6.03 Å². The monoisotopic (exact) mass is 293 g/mol. The smallest absolute Gasteiger partial charge is 0.325 e. The fourth-order valence-corrected chi connectivity index (χ4v) is 4.45. The van der Waals surface area contributed by atoms with Crippen LogP contribution < -0.4 is 11.1 Å². The third kappa shape index (κ3) is 2.56. The van der Waals surface area contributed by atoms with Crippen LogP contribution >= 0.6 is 0 Å². The number of urea groups is 1. The zero-order valence-electron chi connectivity index (χ0n) is 12.8. The molecule has 2 unspecified atom stereocenters. The molecule has 1 spiro atoms. The zero-order chi connectivity index (χ0) is 14.9. The molecule has 118 valence electrons. The summed E-state index contributed by atoms with van der Waals surface area (Å²) in [5.74, 6) is 0.579. The van der Waals surface area contributed by atoms with E-state index < -0.39 is 5.54 Å². The minimum absolute atomic E-state index is 0.00627. The van der Waals surface area contributed by atoms with E-state index in [1.165, 1.54) is 24.2 Å². The molecule has 0 radical (unpaired) electrons. The standard InChI is InChI=1S/C16H27N3O2/c17-10-13-8-4-5-9-16(13)14(20)19(15(21)18-16)11-12-6-2-1-3-7-12/h12-13H,1-11,17H2,(H,18,21). The van der Waals surface area contributed by atoms with E-state index in [-0.39, 0.29) is 17.9 Å². The van der Waals surface area contributed by atoms with E-state index in [9.17, 15) is 9.59 Å². The third-order valence-corrected chi connectivity index (χ3v) is 5.72. The SMILES string of the molecule is NCC1CCCCC12NC(=O)N(CC1CCCCC1)C2=O. The Labute approximate surface area is 126 Å². The van der Waals surface area contributed by atoms with E-state index in [0.29, 0.717) is 19.0 Å². The summed E-state index contributed by atoms with van der Waals surface area (Å²) in [5, 5.41) is 3.02. The van der Waals surface area contributed by atoms with Crippen LogP contribution in [0.3, 0.4) is 0 Å². The number of rotatable bonds is 3. The maximum Gasteiger partial charge on any atom is 0.325 e. The highest BCUT2D eigenvalue weighted by molar-refractivity contribution is 6.07. The molecular weight excluding hydrogens is 266 g/mol. The fourth-order valence-electron chi connectivity index (χ4n) is 4.45. The number of nitrogens with one attached hydrogen (secondary N) is 1. The summed E-state index contributed by atoms with van der Waals surface area (Å²) in [5.41, 5.74) is 5.18. The number of amides is 3. The van der Waals surface area contributed by atoms with Gasteiger partial charge in [-0.3, -0.25) is 9.69 Å². The molecular formula is C16H27N3O2. The summed E-state index contributed by atoms with van der Waals surface area (Å²) in [6.07, 6.45) is 9.83. The van der Waals surface area contributed by atoms with Gasteiger partial charge in [-0.2, -0.15) is 0 Å². The number of hydrogen-bond donors (Lipinski definition) is 2. The number of imide groups is 1. The summed E-state index contributed by atoms with van der Waals surface area (Å²) >= 11 is 0. The molecule has 1 saturated heterocycles. The number of nitrogens with two attached hydrogens (primary N) is 1. The molecule has 3 amide bonds. The Morgan fingerprint density at radius 3 is 2.52 bits per heavy atom. The van der Waals surface area contributed by atoms with E-state index >= 15 is 0 Å². The van der Waals surface area contributed by atoms with Gasteiger partial charge < -0.3 is 11.1 Å². The lowest BCUT2D eigenvalue weighted by atomic mass is 9.72. The maximum absolute atomic E-state index is 12.9. The Morgan fingerprint density at radius 1 is 1.10 bits per heavy atom. The summed E-state index contributed by atoms with van der Waals surface area (Å²) in [7, 11) is 0. The molecule has 2 atom stereocenters. The van der Waals surface area contributed by atoms with Crippen molar-refractivity contribution in [3.05, 3.63) is 0 Å². The van der Waals surface area contributed by atoms with Crippen molar-refractivity contribution >= 4 is 11.9 Å². The number of hydrogen-bond acceptors (Lipinski definition) is 3. The van der Waals surface area contributed by atoms with Crippen molar-refractivity contribution in [3.8, 4) is 0 Å². The van der Waals surface area contributed by atoms with Gasteiger partial charge in [0, 0.05) is 12.5 Å². The van der Waals surface area contributed by atoms with Crippen LogP contribution in [-0.2, 0) is 4.79 Å². The van der Waals surface area contributed by atoms with Crippen LogP contribution in [0.15, 0.2) is 0 Å². The minimum Gasteiger partial charge on any atom is -0.330 e. The highest BCUT2D eigenvalue weighted by Gasteiger charge is 2.55. The predicted octanol–water partition coefficient (Wildman–Crippen LogP) is 2.01. The number of carbonyl (C=O) groups is 2. The largest absolute Gasteiger partial charge is 0.330 e. The molecule has 3 rings (SSSR count). The summed E-state index contributed by atoms with van der Waals surface area (Å²) in [6.45, 7) is 1.08. The second kappa shape index (κ2) is 5.95. The quantitative estimate of drug-likeness (QED) is 0.782. The van der Waals surface area contributed by atoms with Gasteiger partial charge in [0.1, 0.15) is 5.54 Å². The highest BCUT2D eigenvalue weighted by Crippen LogP contribution is 2.38. The Morgan fingerprint density at radius 2 is 1.81 bits per heavy atom. The lowest BCUT2D eigenvalue weighted by molar-refractivity contribution is -0.134. The molecule has 3 aliphatic rings. The van der Waals surface area contributed by atoms with Gasteiger partial charge in [-0.25, -0.2) is 4.79 Å². The van der Waals surface area contributed by atoms with Gasteiger partial charge in [-0.1, -0.05) is 32.1 Å². The number of nitrogens with zero attached hydrogens (tertiary/aromatic N) is 1. The number of carbonyl (C=O) groups excluding carboxylic acids is 2. The second-order valence-electron chi connectivity index (χ2n) is 7.00. The molecule has 5 nitrogen and oxygen atoms in total. The summed E-state index contributed by atoms with van der Waals surface area (Å²) < 4.78 is 0. The molecule has 21 heavy (non-hydrogen) atoms. The lowest BCUT2D eigenvalue weighted by Gasteiger charge is -2.38. The van der Waals surface area contributed by atoms with Gasteiger partial charge in [0.15, 0.2) is 0 Å². The first-order valence-corrected chi connectivity index (χ1v) is 8.51. The van der Waals surface area contributed by atoms with Gasteiger partial charge in [0.05, 0.1) is 0 Å². The summed E-state index contributed by atoms with van der Waals surface area (Å²) in [6, 6.07) is -0.189. The normalized spacial score (nSPS) is 34.5. The highest BCUT2D eigenvalue weighted by atomic mass is 16.2. The van der Waals surface area contributed by atoms with Crippen LogP contribution in [0.4, 0.5) is 4.79 Å². The van der Waals surface area contributed by atoms with Crippen LogP contribution in [0.2, 0.25) is 0 Å². The Kier molecular flexibility index (Phi) is 4.20. The van der Waals surface area contributed by atoms with Crippen molar-refractivity contribution in [2.24, 2.45) is 17.6 Å². The predicted molar refractivity (Wildman–Crippen MR) is 80.6 cm³/mol. The van der Waals surface area contributed by atoms with Gasteiger partial charge in [0.25, 0.3) is 5.91 Å². The summed E-state index contributed by atoms with van der Waals surface area (Å²) in [4.78, 5) is 26.8. The zero-order valence-corrected chi connectivity index (χ0v) is 12.8. The van der Waals surface area contributed by atoms with E-state index in [1.54, 1.807) is 0 Å². The molecule has 0 aromatic rings. The van der Waals surface area contributed by atoms with Crippen molar-refractivity contribution in [1.29, 1.82) is 0 Å². The maximum atomic E-state index is 12.9.